The number of hydrogen-bond donors (Lipinski definition) is 1. The zero-order valence-electron chi connectivity index (χ0n) is 14.4. The molecule has 1 N–H and O–H groups in total. The summed E-state index contributed by atoms with van der Waals surface area (Å²) in [6, 6.07) is 5.17. The Kier molecular flexibility index (Phi) is 4.76. The minimum Gasteiger partial charge on any atom is -0.454 e. The van der Waals surface area contributed by atoms with E-state index in [1.807, 2.05) is 6.92 Å². The van der Waals surface area contributed by atoms with Crippen LogP contribution in [0.3, 0.4) is 0 Å². The number of aromatic nitrogens is 1. The van der Waals surface area contributed by atoms with E-state index in [0.717, 1.165) is 17.1 Å². The van der Waals surface area contributed by atoms with Crippen molar-refractivity contribution in [3.63, 3.8) is 0 Å². The Morgan fingerprint density at radius 3 is 2.71 bits per heavy atom. The summed E-state index contributed by atoms with van der Waals surface area (Å²) in [5, 5.41) is 4.09. The first-order chi connectivity index (χ1) is 11.4. The summed E-state index contributed by atoms with van der Waals surface area (Å²) >= 11 is 1.65. The molecule has 1 aliphatic heterocycles. The Labute approximate surface area is 146 Å². The summed E-state index contributed by atoms with van der Waals surface area (Å²) in [4.78, 5) is 18.5. The Bertz CT molecular complexity index is 735. The fourth-order valence-electron chi connectivity index (χ4n) is 2.62. The maximum Gasteiger partial charge on any atom is 0.251 e. The predicted octanol–water partition coefficient (Wildman–Crippen LogP) is 4.01. The number of amides is 1. The lowest BCUT2D eigenvalue weighted by Gasteiger charge is -2.18. The molecule has 2 heterocycles. The molecule has 0 radical (unpaired) electrons. The van der Waals surface area contributed by atoms with Crippen molar-refractivity contribution >= 4 is 17.2 Å². The summed E-state index contributed by atoms with van der Waals surface area (Å²) in [5.74, 6) is 1.63. The van der Waals surface area contributed by atoms with Crippen LogP contribution in [0.4, 0.5) is 0 Å². The van der Waals surface area contributed by atoms with Crippen LogP contribution in [0.5, 0.6) is 11.5 Å². The highest BCUT2D eigenvalue weighted by molar-refractivity contribution is 7.11. The SMILES string of the molecule is Cc1nc(C(CC(C)C)NC(=O)c2ccc3c(c2)OCO3)sc1C. The van der Waals surface area contributed by atoms with Crippen LogP contribution in [0.1, 0.15) is 52.2 Å². The number of thiazole rings is 1. The quantitative estimate of drug-likeness (QED) is 0.889. The van der Waals surface area contributed by atoms with Crippen LogP contribution >= 0.6 is 11.3 Å². The van der Waals surface area contributed by atoms with Gasteiger partial charge in [0.05, 0.1) is 11.7 Å². The van der Waals surface area contributed by atoms with E-state index in [1.54, 1.807) is 29.5 Å². The van der Waals surface area contributed by atoms with Crippen molar-refractivity contribution in [2.24, 2.45) is 5.92 Å². The molecular formula is C18H22N2O3S. The van der Waals surface area contributed by atoms with Gasteiger partial charge < -0.3 is 14.8 Å². The van der Waals surface area contributed by atoms with E-state index in [-0.39, 0.29) is 18.7 Å². The van der Waals surface area contributed by atoms with E-state index >= 15 is 0 Å². The summed E-state index contributed by atoms with van der Waals surface area (Å²) < 4.78 is 10.6. The van der Waals surface area contributed by atoms with Crippen molar-refractivity contribution in [3.05, 3.63) is 39.3 Å². The first-order valence-corrected chi connectivity index (χ1v) is 8.90. The van der Waals surface area contributed by atoms with Crippen LogP contribution in [-0.4, -0.2) is 17.7 Å². The number of aryl methyl sites for hydroxylation is 2. The van der Waals surface area contributed by atoms with Gasteiger partial charge in [0.2, 0.25) is 6.79 Å². The van der Waals surface area contributed by atoms with Gasteiger partial charge in [-0.1, -0.05) is 13.8 Å². The molecular weight excluding hydrogens is 324 g/mol. The summed E-state index contributed by atoms with van der Waals surface area (Å²) in [6.45, 7) is 8.55. The number of carbonyl (C=O) groups is 1. The van der Waals surface area contributed by atoms with Gasteiger partial charge in [-0.2, -0.15) is 0 Å². The predicted molar refractivity (Wildman–Crippen MR) is 93.8 cm³/mol. The molecule has 1 amide bonds. The molecule has 0 saturated heterocycles. The van der Waals surface area contributed by atoms with Crippen LogP contribution in [0.2, 0.25) is 0 Å². The molecule has 128 valence electrons. The van der Waals surface area contributed by atoms with E-state index in [0.29, 0.717) is 23.0 Å². The monoisotopic (exact) mass is 346 g/mol. The Morgan fingerprint density at radius 2 is 2.04 bits per heavy atom. The minimum absolute atomic E-state index is 0.0830. The number of nitrogens with zero attached hydrogens (tertiary/aromatic N) is 1. The Morgan fingerprint density at radius 1 is 1.29 bits per heavy atom. The maximum atomic E-state index is 12.7. The molecule has 1 unspecified atom stereocenters. The van der Waals surface area contributed by atoms with E-state index in [1.165, 1.54) is 4.88 Å². The Balaban J connectivity index is 1.80. The fraction of sp³-hybridized carbons (Fsp3) is 0.444. The van der Waals surface area contributed by atoms with Gasteiger partial charge in [0.15, 0.2) is 11.5 Å². The molecule has 5 nitrogen and oxygen atoms in total. The summed E-state index contributed by atoms with van der Waals surface area (Å²) in [6.07, 6.45) is 0.850. The smallest absolute Gasteiger partial charge is 0.251 e. The molecule has 0 bridgehead atoms. The summed E-state index contributed by atoms with van der Waals surface area (Å²) in [5.41, 5.74) is 1.60. The minimum atomic E-state index is -0.121. The van der Waals surface area contributed by atoms with Crippen molar-refractivity contribution in [2.45, 2.75) is 40.2 Å². The first-order valence-electron chi connectivity index (χ1n) is 8.08. The molecule has 0 spiro atoms. The highest BCUT2D eigenvalue weighted by Gasteiger charge is 2.22. The lowest BCUT2D eigenvalue weighted by molar-refractivity contribution is 0.0931. The zero-order valence-corrected chi connectivity index (χ0v) is 15.2. The molecule has 24 heavy (non-hydrogen) atoms. The Hall–Kier alpha value is -2.08. The number of carbonyl (C=O) groups excluding carboxylic acids is 1. The number of fused-ring (bicyclic) bond motifs is 1. The number of ether oxygens (including phenoxy) is 2. The number of benzene rings is 1. The van der Waals surface area contributed by atoms with Crippen molar-refractivity contribution < 1.29 is 14.3 Å². The van der Waals surface area contributed by atoms with E-state index in [9.17, 15) is 4.79 Å². The molecule has 0 aliphatic carbocycles. The molecule has 1 aromatic heterocycles. The maximum absolute atomic E-state index is 12.7. The van der Waals surface area contributed by atoms with E-state index in [4.69, 9.17) is 9.47 Å². The highest BCUT2D eigenvalue weighted by atomic mass is 32.1. The topological polar surface area (TPSA) is 60.5 Å². The second kappa shape index (κ2) is 6.81. The van der Waals surface area contributed by atoms with Crippen LogP contribution in [0.25, 0.3) is 0 Å². The number of nitrogens with one attached hydrogen (secondary N) is 1. The van der Waals surface area contributed by atoms with Gasteiger partial charge in [-0.05, 0) is 44.4 Å². The lowest BCUT2D eigenvalue weighted by Crippen LogP contribution is -2.29. The second-order valence-corrected chi connectivity index (χ2v) is 7.65. The lowest BCUT2D eigenvalue weighted by atomic mass is 10.0. The number of hydrogen-bond acceptors (Lipinski definition) is 5. The average molecular weight is 346 g/mol. The van der Waals surface area contributed by atoms with Gasteiger partial charge in [-0.25, -0.2) is 4.98 Å². The zero-order chi connectivity index (χ0) is 17.3. The van der Waals surface area contributed by atoms with Gasteiger partial charge in [-0.15, -0.1) is 11.3 Å². The van der Waals surface area contributed by atoms with Gasteiger partial charge in [0.25, 0.3) is 5.91 Å². The fourth-order valence-corrected chi connectivity index (χ4v) is 3.61. The van der Waals surface area contributed by atoms with Crippen LogP contribution in [0, 0.1) is 19.8 Å². The number of rotatable bonds is 5. The highest BCUT2D eigenvalue weighted by Crippen LogP contribution is 2.33. The van der Waals surface area contributed by atoms with Crippen molar-refractivity contribution in [1.29, 1.82) is 0 Å². The van der Waals surface area contributed by atoms with E-state index < -0.39 is 0 Å². The molecule has 0 fully saturated rings. The van der Waals surface area contributed by atoms with Gasteiger partial charge >= 0.3 is 0 Å². The van der Waals surface area contributed by atoms with Crippen molar-refractivity contribution in [2.75, 3.05) is 6.79 Å². The largest absolute Gasteiger partial charge is 0.454 e. The molecule has 0 saturated carbocycles. The third kappa shape index (κ3) is 3.53. The average Bonchev–Trinajstić information content (AvgIpc) is 3.12. The van der Waals surface area contributed by atoms with Gasteiger partial charge in [0, 0.05) is 10.4 Å². The van der Waals surface area contributed by atoms with Crippen molar-refractivity contribution in [3.8, 4) is 11.5 Å². The van der Waals surface area contributed by atoms with Crippen LogP contribution in [-0.2, 0) is 0 Å². The molecule has 2 aromatic rings. The van der Waals surface area contributed by atoms with Gasteiger partial charge in [-0.3, -0.25) is 4.79 Å². The van der Waals surface area contributed by atoms with Crippen LogP contribution in [0.15, 0.2) is 18.2 Å². The standard InChI is InChI=1S/C18H22N2O3S/c1-10(2)7-14(18-19-11(3)12(4)24-18)20-17(21)13-5-6-15-16(8-13)23-9-22-15/h5-6,8,10,14H,7,9H2,1-4H3,(H,20,21). The third-order valence-electron chi connectivity index (χ3n) is 3.99. The normalized spacial score (nSPS) is 14.0. The van der Waals surface area contributed by atoms with Gasteiger partial charge in [0.1, 0.15) is 5.01 Å². The van der Waals surface area contributed by atoms with Crippen LogP contribution < -0.4 is 14.8 Å². The first kappa shape index (κ1) is 16.8. The molecule has 6 heteroatoms. The molecule has 3 rings (SSSR count). The van der Waals surface area contributed by atoms with E-state index in [2.05, 4.69) is 31.1 Å². The third-order valence-corrected chi connectivity index (χ3v) is 5.18. The summed E-state index contributed by atoms with van der Waals surface area (Å²) in [7, 11) is 0. The molecule has 1 atom stereocenters. The molecule has 1 aliphatic rings. The molecule has 1 aromatic carbocycles. The van der Waals surface area contributed by atoms with Crippen molar-refractivity contribution in [1.82, 2.24) is 10.3 Å². The second-order valence-electron chi connectivity index (χ2n) is 6.42.